The van der Waals surface area contributed by atoms with Gasteiger partial charge in [0.15, 0.2) is 8.32 Å². The Labute approximate surface area is 270 Å². The maximum absolute atomic E-state index is 13.7. The number of thioether (sulfide) groups is 1. The fraction of sp³-hybridized carbons (Fsp3) is 0.433. The highest BCUT2D eigenvalue weighted by Crippen LogP contribution is 2.61. The molecule has 2 aromatic rings. The van der Waals surface area contributed by atoms with Gasteiger partial charge in [-0.2, -0.15) is 0 Å². The molecule has 4 rings (SSSR count). The van der Waals surface area contributed by atoms with E-state index in [2.05, 4.69) is 20.8 Å². The number of nitrogens with zero attached hydrogens (tertiary/aromatic N) is 3. The van der Waals surface area contributed by atoms with E-state index in [1.54, 1.807) is 12.1 Å². The second kappa shape index (κ2) is 12.8. The van der Waals surface area contributed by atoms with Gasteiger partial charge in [-0.1, -0.05) is 44.7 Å². The molecule has 46 heavy (non-hydrogen) atoms. The standard InChI is InChI=1S/C30H35N3O11SSi/c1-18(44-28(37)42-16-20-9-13-22(14-10-20)33(40)41)24-26(34)31-25(27(35)36)23(17-43-46(5,6)29(2,3)4)45-30(24,31)15-19-7-11-21(12-8-19)32(38)39/h7-14,18,24H,15-17H2,1-6H3,(H,35,36)/t18-,24+,30-/m1/s1. The van der Waals surface area contributed by atoms with Gasteiger partial charge in [0.2, 0.25) is 5.91 Å². The predicted octanol–water partition coefficient (Wildman–Crippen LogP) is 6.01. The van der Waals surface area contributed by atoms with Gasteiger partial charge in [-0.05, 0) is 48.3 Å². The molecule has 0 aliphatic carbocycles. The number of fused-ring (bicyclic) bond motifs is 1. The lowest BCUT2D eigenvalue weighted by Crippen LogP contribution is -2.71. The van der Waals surface area contributed by atoms with Crippen molar-refractivity contribution in [2.75, 3.05) is 6.61 Å². The number of β-lactam (4-membered cyclic amide) rings is 1. The molecule has 0 aromatic heterocycles. The van der Waals surface area contributed by atoms with Crippen LogP contribution in [0.1, 0.15) is 38.8 Å². The molecule has 0 unspecified atom stereocenters. The molecule has 1 saturated heterocycles. The van der Waals surface area contributed by atoms with Crippen molar-refractivity contribution in [2.24, 2.45) is 5.92 Å². The summed E-state index contributed by atoms with van der Waals surface area (Å²) in [5, 5.41) is 32.2. The van der Waals surface area contributed by atoms with Crippen LogP contribution < -0.4 is 0 Å². The number of nitro groups is 2. The Kier molecular flexibility index (Phi) is 9.66. The first-order chi connectivity index (χ1) is 21.4. The molecule has 2 aliphatic heterocycles. The highest BCUT2D eigenvalue weighted by Gasteiger charge is 2.69. The van der Waals surface area contributed by atoms with Gasteiger partial charge in [0.25, 0.3) is 11.4 Å². The first-order valence-electron chi connectivity index (χ1n) is 14.3. The zero-order valence-corrected chi connectivity index (χ0v) is 28.0. The largest absolute Gasteiger partial charge is 0.508 e. The number of rotatable bonds is 12. The van der Waals surface area contributed by atoms with Crippen LogP contribution in [0, 0.1) is 26.1 Å². The minimum Gasteiger partial charge on any atom is -0.477 e. The first-order valence-corrected chi connectivity index (χ1v) is 18.0. The Morgan fingerprint density at radius 1 is 1.00 bits per heavy atom. The highest BCUT2D eigenvalue weighted by molar-refractivity contribution is 8.04. The minimum atomic E-state index is -2.33. The summed E-state index contributed by atoms with van der Waals surface area (Å²) in [6, 6.07) is 11.1. The van der Waals surface area contributed by atoms with E-state index in [-0.39, 0.29) is 41.7 Å². The van der Waals surface area contributed by atoms with Gasteiger partial charge in [-0.15, -0.1) is 0 Å². The van der Waals surface area contributed by atoms with E-state index in [0.29, 0.717) is 16.0 Å². The molecule has 1 fully saturated rings. The number of aliphatic carboxylic acids is 1. The predicted molar refractivity (Wildman–Crippen MR) is 169 cm³/mol. The van der Waals surface area contributed by atoms with Crippen LogP contribution in [0.5, 0.6) is 0 Å². The van der Waals surface area contributed by atoms with Gasteiger partial charge in [-0.3, -0.25) is 29.9 Å². The van der Waals surface area contributed by atoms with Gasteiger partial charge in [-0.25, -0.2) is 9.59 Å². The summed E-state index contributed by atoms with van der Waals surface area (Å²) in [5.41, 5.74) is 0.621. The molecular formula is C30H35N3O11SSi. The Morgan fingerprint density at radius 3 is 2.00 bits per heavy atom. The number of non-ortho nitro benzene ring substituents is 2. The van der Waals surface area contributed by atoms with Gasteiger partial charge >= 0.3 is 12.1 Å². The number of amides is 1. The molecule has 3 atom stereocenters. The van der Waals surface area contributed by atoms with Crippen molar-refractivity contribution < 1.29 is 43.2 Å². The monoisotopic (exact) mass is 673 g/mol. The second-order valence-electron chi connectivity index (χ2n) is 12.6. The summed E-state index contributed by atoms with van der Waals surface area (Å²) >= 11 is 1.16. The van der Waals surface area contributed by atoms with Gasteiger partial charge in [0, 0.05) is 35.6 Å². The molecule has 0 saturated carbocycles. The number of benzene rings is 2. The molecule has 16 heteroatoms. The van der Waals surface area contributed by atoms with Crippen LogP contribution >= 0.6 is 11.8 Å². The van der Waals surface area contributed by atoms with Crippen molar-refractivity contribution in [3.8, 4) is 0 Å². The topological polar surface area (TPSA) is 189 Å². The first kappa shape index (κ1) is 34.6. The molecule has 0 spiro atoms. The van der Waals surface area contributed by atoms with Crippen molar-refractivity contribution in [3.05, 3.63) is 90.5 Å². The molecule has 14 nitrogen and oxygen atoms in total. The second-order valence-corrected chi connectivity index (χ2v) is 18.8. The maximum atomic E-state index is 13.7. The molecule has 0 bridgehead atoms. The number of carbonyl (C=O) groups is 3. The third-order valence-corrected chi connectivity index (χ3v) is 14.5. The van der Waals surface area contributed by atoms with E-state index in [4.69, 9.17) is 13.9 Å². The van der Waals surface area contributed by atoms with Crippen molar-refractivity contribution in [1.82, 2.24) is 4.90 Å². The zero-order chi connectivity index (χ0) is 34.2. The van der Waals surface area contributed by atoms with E-state index in [0.717, 1.165) is 11.8 Å². The molecule has 2 aliphatic rings. The summed E-state index contributed by atoms with van der Waals surface area (Å²) in [5.74, 6) is -2.88. The Hall–Kier alpha value is -4.28. The third kappa shape index (κ3) is 6.78. The number of carbonyl (C=O) groups excluding carboxylic acids is 2. The van der Waals surface area contributed by atoms with E-state index >= 15 is 0 Å². The van der Waals surface area contributed by atoms with Crippen molar-refractivity contribution in [2.45, 2.75) is 69.8 Å². The highest BCUT2D eigenvalue weighted by atomic mass is 32.2. The normalized spacial score (nSPS) is 20.1. The molecule has 2 aromatic carbocycles. The van der Waals surface area contributed by atoms with E-state index < -0.39 is 53.1 Å². The third-order valence-electron chi connectivity index (χ3n) is 8.57. The van der Waals surface area contributed by atoms with Crippen LogP contribution in [0.3, 0.4) is 0 Å². The Bertz CT molecular complexity index is 1590. The molecule has 2 heterocycles. The van der Waals surface area contributed by atoms with Gasteiger partial charge in [0.05, 0.1) is 16.5 Å². The lowest BCUT2D eigenvalue weighted by Gasteiger charge is -2.54. The van der Waals surface area contributed by atoms with E-state index in [1.807, 2.05) is 13.1 Å². The van der Waals surface area contributed by atoms with Crippen molar-refractivity contribution >= 4 is 49.5 Å². The summed E-state index contributed by atoms with van der Waals surface area (Å²) in [6.07, 6.45) is -2.05. The minimum absolute atomic E-state index is 0.0339. The number of nitro benzene ring substituents is 2. The number of hydrogen-bond acceptors (Lipinski definition) is 11. The maximum Gasteiger partial charge on any atom is 0.508 e. The SMILES string of the molecule is C[C@@H](OC(=O)OCc1ccc([N+](=O)[O-])cc1)[C@H]1C(=O)N2C(C(=O)O)=C(CO[Si](C)(C)C(C)(C)C)S[C@]12Cc1ccc([N+](=O)[O-])cc1. The summed E-state index contributed by atoms with van der Waals surface area (Å²) in [4.78, 5) is 60.3. The van der Waals surface area contributed by atoms with Gasteiger partial charge < -0.3 is 19.0 Å². The molecule has 246 valence electrons. The van der Waals surface area contributed by atoms with Crippen LogP contribution in [0.15, 0.2) is 59.1 Å². The Balaban J connectivity index is 1.59. The number of carboxylic acids is 1. The lowest BCUT2D eigenvalue weighted by atomic mass is 9.78. The van der Waals surface area contributed by atoms with E-state index in [1.165, 1.54) is 48.2 Å². The fourth-order valence-electron chi connectivity index (χ4n) is 5.09. The van der Waals surface area contributed by atoms with Crippen molar-refractivity contribution in [1.29, 1.82) is 0 Å². The van der Waals surface area contributed by atoms with E-state index in [9.17, 15) is 39.7 Å². The quantitative estimate of drug-likeness (QED) is 0.0910. The number of ether oxygens (including phenoxy) is 2. The zero-order valence-electron chi connectivity index (χ0n) is 26.2. The van der Waals surface area contributed by atoms with Crippen LogP contribution in [0.25, 0.3) is 0 Å². The fourth-order valence-corrected chi connectivity index (χ4v) is 7.89. The van der Waals surface area contributed by atoms with Crippen LogP contribution in [0.4, 0.5) is 16.2 Å². The molecule has 1 amide bonds. The van der Waals surface area contributed by atoms with Crippen molar-refractivity contribution in [3.63, 3.8) is 0 Å². The average molecular weight is 674 g/mol. The number of carboxylic acid groups (broad SMARTS) is 1. The molecule has 0 radical (unpaired) electrons. The summed E-state index contributed by atoms with van der Waals surface area (Å²) in [7, 11) is -2.33. The van der Waals surface area contributed by atoms with Crippen LogP contribution in [0.2, 0.25) is 18.1 Å². The average Bonchev–Trinajstić information content (AvgIpc) is 3.24. The summed E-state index contributed by atoms with van der Waals surface area (Å²) < 4.78 is 17.1. The smallest absolute Gasteiger partial charge is 0.477 e. The number of hydrogen-bond donors (Lipinski definition) is 1. The summed E-state index contributed by atoms with van der Waals surface area (Å²) in [6.45, 7) is 11.4. The molecular weight excluding hydrogens is 638 g/mol. The molecule has 1 N–H and O–H groups in total. The Morgan fingerprint density at radius 2 is 1.52 bits per heavy atom. The van der Waals surface area contributed by atoms with Crippen LogP contribution in [-0.4, -0.2) is 63.8 Å². The van der Waals surface area contributed by atoms with Crippen LogP contribution in [-0.2, 0) is 36.5 Å². The van der Waals surface area contributed by atoms with Gasteiger partial charge in [0.1, 0.15) is 29.2 Å². The lowest BCUT2D eigenvalue weighted by molar-refractivity contribution is -0.385.